The molecule has 184 valence electrons. The largest absolute Gasteiger partial charge is 0.350 e. The van der Waals surface area contributed by atoms with Gasteiger partial charge in [-0.3, -0.25) is 14.3 Å². The van der Waals surface area contributed by atoms with E-state index in [2.05, 4.69) is 31.2 Å². The second-order valence-electron chi connectivity index (χ2n) is 9.04. The van der Waals surface area contributed by atoms with Gasteiger partial charge < -0.3 is 16.0 Å². The maximum Gasteiger partial charge on any atom is 0.243 e. The molecule has 2 amide bonds. The molecule has 1 fully saturated rings. The van der Waals surface area contributed by atoms with Crippen LogP contribution in [0.4, 0.5) is 4.39 Å². The van der Waals surface area contributed by atoms with Crippen LogP contribution in [-0.2, 0) is 23.2 Å². The summed E-state index contributed by atoms with van der Waals surface area (Å²) in [5, 5.41) is 6.74. The highest BCUT2D eigenvalue weighted by Gasteiger charge is 2.29. The maximum atomic E-state index is 13.7. The topological polar surface area (TPSA) is 93.2 Å². The van der Waals surface area contributed by atoms with Gasteiger partial charge in [-0.25, -0.2) is 4.39 Å². The van der Waals surface area contributed by atoms with E-state index in [9.17, 15) is 14.0 Å². The average Bonchev–Trinajstić information content (AvgIpc) is 3.40. The zero-order valence-corrected chi connectivity index (χ0v) is 21.1. The summed E-state index contributed by atoms with van der Waals surface area (Å²) in [6, 6.07) is 7.21. The Morgan fingerprint density at radius 1 is 1.30 bits per heavy atom. The number of carbonyl (C=O) groups is 2. The number of aryl methyl sites for hydroxylation is 1. The summed E-state index contributed by atoms with van der Waals surface area (Å²) in [7, 11) is 1.69. The lowest BCUT2D eigenvalue weighted by molar-refractivity contribution is -0.131. The Labute approximate surface area is 197 Å². The smallest absolute Gasteiger partial charge is 0.243 e. The fourth-order valence-electron chi connectivity index (χ4n) is 3.02. The lowest BCUT2D eigenvalue weighted by Crippen LogP contribution is -2.42. The molecule has 33 heavy (non-hydrogen) atoms. The normalized spacial score (nSPS) is 16.2. The van der Waals surface area contributed by atoms with E-state index in [1.54, 1.807) is 19.2 Å². The minimum atomic E-state index is -0.370. The van der Waals surface area contributed by atoms with Crippen molar-refractivity contribution in [2.24, 2.45) is 18.2 Å². The summed E-state index contributed by atoms with van der Waals surface area (Å²) in [5.41, 5.74) is 7.91. The minimum absolute atomic E-state index is 0.138. The number of amides is 2. The van der Waals surface area contributed by atoms with Gasteiger partial charge in [-0.15, -0.1) is 0 Å². The quantitative estimate of drug-likeness (QED) is 0.661. The van der Waals surface area contributed by atoms with Crippen molar-refractivity contribution in [3.8, 4) is 11.3 Å². The number of benzene rings is 1. The van der Waals surface area contributed by atoms with Gasteiger partial charge in [-0.1, -0.05) is 58.9 Å². The Morgan fingerprint density at radius 2 is 1.88 bits per heavy atom. The monoisotopic (exact) mass is 461 g/mol. The van der Waals surface area contributed by atoms with E-state index in [-0.39, 0.29) is 23.2 Å². The van der Waals surface area contributed by atoms with E-state index < -0.39 is 0 Å². The third-order valence-electron chi connectivity index (χ3n) is 5.69. The Morgan fingerprint density at radius 3 is 2.33 bits per heavy atom. The SMILES string of the molecule is CC.CC(N)C(C)(C)C.Cn1ncc(F)c1-c1ccc(CNC(=O)C2CCCN2C=O)cc1. The number of hydrogen-bond donors (Lipinski definition) is 2. The van der Waals surface area contributed by atoms with Gasteiger partial charge in [0.1, 0.15) is 11.7 Å². The van der Waals surface area contributed by atoms with Crippen LogP contribution in [0.15, 0.2) is 30.5 Å². The van der Waals surface area contributed by atoms with Crippen molar-refractivity contribution < 1.29 is 14.0 Å². The summed E-state index contributed by atoms with van der Waals surface area (Å²) in [6.45, 7) is 13.4. The van der Waals surface area contributed by atoms with Crippen molar-refractivity contribution in [1.29, 1.82) is 0 Å². The highest BCUT2D eigenvalue weighted by Crippen LogP contribution is 2.22. The van der Waals surface area contributed by atoms with Crippen LogP contribution in [0.1, 0.15) is 59.9 Å². The molecule has 0 aliphatic carbocycles. The van der Waals surface area contributed by atoms with Crippen LogP contribution in [0.25, 0.3) is 11.3 Å². The first-order valence-corrected chi connectivity index (χ1v) is 11.6. The molecular weight excluding hydrogens is 421 g/mol. The predicted molar refractivity (Wildman–Crippen MR) is 131 cm³/mol. The van der Waals surface area contributed by atoms with Crippen molar-refractivity contribution in [3.05, 3.63) is 41.8 Å². The van der Waals surface area contributed by atoms with Crippen molar-refractivity contribution in [2.45, 2.75) is 73.0 Å². The second-order valence-corrected chi connectivity index (χ2v) is 9.04. The Kier molecular flexibility index (Phi) is 11.2. The molecule has 3 rings (SSSR count). The van der Waals surface area contributed by atoms with Crippen molar-refractivity contribution in [2.75, 3.05) is 6.54 Å². The molecule has 3 N–H and O–H groups in total. The standard InChI is InChI=1S/C17H19FN4O2.C6H15N.C2H6/c1-21-16(14(18)10-20-21)13-6-4-12(5-7-13)9-19-17(24)15-3-2-8-22(15)11-23;1-5(7)6(2,3)4;1-2/h4-7,10-11,15H,2-3,8-9H2,1H3,(H,19,24);5H,7H2,1-4H3;1-2H3. The molecule has 1 aromatic heterocycles. The second kappa shape index (κ2) is 13.1. The van der Waals surface area contributed by atoms with Crippen molar-refractivity contribution in [1.82, 2.24) is 20.0 Å². The van der Waals surface area contributed by atoms with Gasteiger partial charge in [0.25, 0.3) is 0 Å². The van der Waals surface area contributed by atoms with Crippen molar-refractivity contribution >= 4 is 12.3 Å². The number of nitrogens with one attached hydrogen (secondary N) is 1. The third-order valence-corrected chi connectivity index (χ3v) is 5.69. The van der Waals surface area contributed by atoms with Gasteiger partial charge in [0.15, 0.2) is 5.82 Å². The lowest BCUT2D eigenvalue weighted by Gasteiger charge is -2.22. The van der Waals surface area contributed by atoms with E-state index in [1.165, 1.54) is 15.8 Å². The summed E-state index contributed by atoms with van der Waals surface area (Å²) in [5.74, 6) is -0.505. The lowest BCUT2D eigenvalue weighted by atomic mass is 9.89. The van der Waals surface area contributed by atoms with Gasteiger partial charge in [-0.05, 0) is 30.7 Å². The first kappa shape index (κ1) is 28.3. The number of aromatic nitrogens is 2. The average molecular weight is 462 g/mol. The number of hydrogen-bond acceptors (Lipinski definition) is 4. The van der Waals surface area contributed by atoms with Crippen LogP contribution < -0.4 is 11.1 Å². The Hall–Kier alpha value is -2.74. The van der Waals surface area contributed by atoms with Crippen LogP contribution in [0, 0.1) is 11.2 Å². The molecule has 7 nitrogen and oxygen atoms in total. The molecule has 2 unspecified atom stereocenters. The molecule has 0 spiro atoms. The van der Waals surface area contributed by atoms with E-state index in [1.807, 2.05) is 32.9 Å². The third kappa shape index (κ3) is 8.28. The number of nitrogens with zero attached hydrogens (tertiary/aromatic N) is 3. The first-order chi connectivity index (χ1) is 15.5. The van der Waals surface area contributed by atoms with E-state index >= 15 is 0 Å². The van der Waals surface area contributed by atoms with Crippen LogP contribution in [-0.4, -0.2) is 45.6 Å². The maximum absolute atomic E-state index is 13.7. The molecular formula is C25H40FN5O2. The zero-order chi connectivity index (χ0) is 25.2. The summed E-state index contributed by atoms with van der Waals surface area (Å²) < 4.78 is 15.2. The number of halogens is 1. The van der Waals surface area contributed by atoms with Crippen LogP contribution >= 0.6 is 0 Å². The summed E-state index contributed by atoms with van der Waals surface area (Å²) in [4.78, 5) is 24.6. The minimum Gasteiger partial charge on any atom is -0.350 e. The molecule has 0 bridgehead atoms. The molecule has 1 aromatic carbocycles. The molecule has 1 aliphatic rings. The Balaban J connectivity index is 0.000000520. The number of nitrogens with two attached hydrogens (primary N) is 1. The molecule has 1 aliphatic heterocycles. The van der Waals surface area contributed by atoms with Gasteiger partial charge >= 0.3 is 0 Å². The molecule has 2 aromatic rings. The predicted octanol–water partition coefficient (Wildman–Crippen LogP) is 3.87. The number of likely N-dealkylation sites (tertiary alicyclic amines) is 1. The fraction of sp³-hybridized carbons (Fsp3) is 0.560. The summed E-state index contributed by atoms with van der Waals surface area (Å²) in [6.07, 6.45) is 3.46. The van der Waals surface area contributed by atoms with E-state index in [0.29, 0.717) is 31.2 Å². The van der Waals surface area contributed by atoms with Gasteiger partial charge in [0, 0.05) is 31.7 Å². The highest BCUT2D eigenvalue weighted by atomic mass is 19.1. The van der Waals surface area contributed by atoms with Gasteiger partial charge in [0.2, 0.25) is 12.3 Å². The summed E-state index contributed by atoms with van der Waals surface area (Å²) >= 11 is 0. The van der Waals surface area contributed by atoms with Crippen LogP contribution in [0.5, 0.6) is 0 Å². The number of rotatable bonds is 5. The molecule has 0 radical (unpaired) electrons. The highest BCUT2D eigenvalue weighted by molar-refractivity contribution is 5.84. The first-order valence-electron chi connectivity index (χ1n) is 11.6. The van der Waals surface area contributed by atoms with Crippen LogP contribution in [0.3, 0.4) is 0 Å². The zero-order valence-electron chi connectivity index (χ0n) is 21.1. The van der Waals surface area contributed by atoms with E-state index in [4.69, 9.17) is 5.73 Å². The Bertz CT molecular complexity index is 852. The molecule has 8 heteroatoms. The molecule has 0 saturated carbocycles. The molecule has 2 heterocycles. The van der Waals surface area contributed by atoms with Crippen LogP contribution in [0.2, 0.25) is 0 Å². The molecule has 1 saturated heterocycles. The van der Waals surface area contributed by atoms with Gasteiger partial charge in [0.05, 0.1) is 6.20 Å². The number of carbonyl (C=O) groups excluding carboxylic acids is 2. The molecule has 2 atom stereocenters. The van der Waals surface area contributed by atoms with Crippen molar-refractivity contribution in [3.63, 3.8) is 0 Å². The fourth-order valence-corrected chi connectivity index (χ4v) is 3.02. The van der Waals surface area contributed by atoms with E-state index in [0.717, 1.165) is 24.0 Å². The van der Waals surface area contributed by atoms with Gasteiger partial charge in [-0.2, -0.15) is 5.10 Å².